The predicted molar refractivity (Wildman–Crippen MR) is 58.2 cm³/mol. The zero-order valence-corrected chi connectivity index (χ0v) is 10.1. The van der Waals surface area contributed by atoms with Crippen molar-refractivity contribution in [3.05, 3.63) is 18.3 Å². The van der Waals surface area contributed by atoms with Crippen LogP contribution in [0.5, 0.6) is 5.88 Å². The minimum Gasteiger partial charge on any atom is -0.479 e. The van der Waals surface area contributed by atoms with Gasteiger partial charge in [-0.1, -0.05) is 0 Å². The van der Waals surface area contributed by atoms with Crippen LogP contribution in [-0.2, 0) is 14.8 Å². The third-order valence-electron chi connectivity index (χ3n) is 1.83. The van der Waals surface area contributed by atoms with E-state index in [0.29, 0.717) is 0 Å². The monoisotopic (exact) mass is 260 g/mol. The molecule has 0 spiro atoms. The second-order valence-electron chi connectivity index (χ2n) is 3.30. The van der Waals surface area contributed by atoms with Crippen molar-refractivity contribution in [3.8, 4) is 5.88 Å². The van der Waals surface area contributed by atoms with Gasteiger partial charge in [0.1, 0.15) is 4.90 Å². The molecule has 0 radical (unpaired) electrons. The number of hydrogen-bond donors (Lipinski definition) is 1. The maximum absolute atomic E-state index is 11.7. The van der Waals surface area contributed by atoms with Gasteiger partial charge < -0.3 is 9.84 Å². The first-order valence-corrected chi connectivity index (χ1v) is 6.01. The van der Waals surface area contributed by atoms with E-state index in [4.69, 9.17) is 9.84 Å². The van der Waals surface area contributed by atoms with Crippen LogP contribution in [0.15, 0.2) is 23.2 Å². The van der Waals surface area contributed by atoms with Crippen LogP contribution in [0.4, 0.5) is 0 Å². The van der Waals surface area contributed by atoms with Crippen molar-refractivity contribution in [1.82, 2.24) is 9.29 Å². The summed E-state index contributed by atoms with van der Waals surface area (Å²) in [5.41, 5.74) is 0. The van der Waals surface area contributed by atoms with Crippen LogP contribution in [0.2, 0.25) is 0 Å². The number of carboxylic acids is 1. The Morgan fingerprint density at radius 2 is 2.12 bits per heavy atom. The number of rotatable bonds is 5. The molecule has 7 nitrogen and oxygen atoms in total. The number of pyridine rings is 1. The van der Waals surface area contributed by atoms with Crippen molar-refractivity contribution in [3.63, 3.8) is 0 Å². The molecular weight excluding hydrogens is 248 g/mol. The van der Waals surface area contributed by atoms with Gasteiger partial charge in [0.15, 0.2) is 6.61 Å². The molecule has 0 aliphatic carbocycles. The largest absolute Gasteiger partial charge is 0.479 e. The second kappa shape index (κ2) is 5.11. The Morgan fingerprint density at radius 3 is 2.53 bits per heavy atom. The first-order chi connectivity index (χ1) is 7.84. The van der Waals surface area contributed by atoms with Gasteiger partial charge in [-0.15, -0.1) is 0 Å². The quantitative estimate of drug-likeness (QED) is 0.787. The molecule has 17 heavy (non-hydrogen) atoms. The number of hydrogen-bond acceptors (Lipinski definition) is 5. The molecule has 0 aliphatic heterocycles. The van der Waals surface area contributed by atoms with E-state index < -0.39 is 22.6 Å². The third-order valence-corrected chi connectivity index (χ3v) is 3.63. The normalized spacial score (nSPS) is 11.5. The number of aliphatic carboxylic acids is 1. The van der Waals surface area contributed by atoms with Crippen LogP contribution in [0, 0.1) is 0 Å². The molecule has 0 saturated carbocycles. The van der Waals surface area contributed by atoms with Crippen LogP contribution in [0.3, 0.4) is 0 Å². The van der Waals surface area contributed by atoms with Crippen molar-refractivity contribution in [2.24, 2.45) is 0 Å². The van der Waals surface area contributed by atoms with Gasteiger partial charge in [-0.3, -0.25) is 0 Å². The molecule has 1 aromatic rings. The van der Waals surface area contributed by atoms with Gasteiger partial charge in [-0.2, -0.15) is 0 Å². The fourth-order valence-corrected chi connectivity index (χ4v) is 1.80. The van der Waals surface area contributed by atoms with Gasteiger partial charge >= 0.3 is 5.97 Å². The number of ether oxygens (including phenoxy) is 1. The fourth-order valence-electron chi connectivity index (χ4n) is 0.951. The minimum atomic E-state index is -3.53. The average Bonchev–Trinajstić information content (AvgIpc) is 2.26. The predicted octanol–water partition coefficient (Wildman–Crippen LogP) is -0.205. The SMILES string of the molecule is CN(C)S(=O)(=O)c1ccc(OCC(=O)O)nc1. The average molecular weight is 260 g/mol. The molecule has 0 aliphatic rings. The highest BCUT2D eigenvalue weighted by Crippen LogP contribution is 2.14. The lowest BCUT2D eigenvalue weighted by atomic mass is 10.5. The second-order valence-corrected chi connectivity index (χ2v) is 5.45. The highest BCUT2D eigenvalue weighted by molar-refractivity contribution is 7.89. The summed E-state index contributed by atoms with van der Waals surface area (Å²) in [6.07, 6.45) is 1.12. The molecule has 0 saturated heterocycles. The van der Waals surface area contributed by atoms with Crippen LogP contribution >= 0.6 is 0 Å². The molecule has 1 heterocycles. The molecule has 1 N–H and O–H groups in total. The van der Waals surface area contributed by atoms with Crippen molar-refractivity contribution >= 4 is 16.0 Å². The number of sulfonamides is 1. The Labute approximate surface area is 98.7 Å². The van der Waals surface area contributed by atoms with E-state index in [1.165, 1.54) is 26.2 Å². The van der Waals surface area contributed by atoms with E-state index in [1.807, 2.05) is 0 Å². The Hall–Kier alpha value is -1.67. The maximum atomic E-state index is 11.7. The van der Waals surface area contributed by atoms with Crippen molar-refractivity contribution in [2.45, 2.75) is 4.90 Å². The summed E-state index contributed by atoms with van der Waals surface area (Å²) in [5, 5.41) is 8.38. The van der Waals surface area contributed by atoms with Gasteiger partial charge in [0.25, 0.3) is 0 Å². The molecule has 0 amide bonds. The van der Waals surface area contributed by atoms with Gasteiger partial charge in [-0.25, -0.2) is 22.5 Å². The van der Waals surface area contributed by atoms with Gasteiger partial charge in [0, 0.05) is 20.2 Å². The van der Waals surface area contributed by atoms with E-state index in [1.54, 1.807) is 0 Å². The highest BCUT2D eigenvalue weighted by atomic mass is 32.2. The molecule has 8 heteroatoms. The smallest absolute Gasteiger partial charge is 0.341 e. The third kappa shape index (κ3) is 3.40. The molecule has 94 valence electrons. The number of aromatic nitrogens is 1. The topological polar surface area (TPSA) is 96.8 Å². The summed E-state index contributed by atoms with van der Waals surface area (Å²) in [6.45, 7) is -0.521. The fraction of sp³-hybridized carbons (Fsp3) is 0.333. The number of nitrogens with zero attached hydrogens (tertiary/aromatic N) is 2. The first kappa shape index (κ1) is 13.4. The molecular formula is C9H12N2O5S. The lowest BCUT2D eigenvalue weighted by Gasteiger charge is -2.11. The molecule has 0 atom stereocenters. The van der Waals surface area contributed by atoms with Crippen molar-refractivity contribution in [1.29, 1.82) is 0 Å². The van der Waals surface area contributed by atoms with Gasteiger partial charge in [0.2, 0.25) is 15.9 Å². The van der Waals surface area contributed by atoms with Crippen LogP contribution in [-0.4, -0.2) is 49.5 Å². The molecule has 0 aromatic carbocycles. The Kier molecular flexibility index (Phi) is 4.02. The summed E-state index contributed by atoms with van der Waals surface area (Å²) < 4.78 is 29.2. The Bertz CT molecular complexity index is 495. The summed E-state index contributed by atoms with van der Waals surface area (Å²) in [5.74, 6) is -1.07. The van der Waals surface area contributed by atoms with Crippen LogP contribution in [0.25, 0.3) is 0 Å². The van der Waals surface area contributed by atoms with Gasteiger partial charge in [0.05, 0.1) is 6.20 Å². The Balaban J connectivity index is 2.85. The van der Waals surface area contributed by atoms with E-state index in [2.05, 4.69) is 4.98 Å². The summed E-state index contributed by atoms with van der Waals surface area (Å²) in [4.78, 5) is 14.0. The molecule has 1 aromatic heterocycles. The van der Waals surface area contributed by atoms with E-state index >= 15 is 0 Å². The Morgan fingerprint density at radius 1 is 1.47 bits per heavy atom. The van der Waals surface area contributed by atoms with E-state index in [0.717, 1.165) is 10.5 Å². The van der Waals surface area contributed by atoms with Gasteiger partial charge in [-0.05, 0) is 6.07 Å². The minimum absolute atomic E-state index is 0.0187. The summed E-state index contributed by atoms with van der Waals surface area (Å²) >= 11 is 0. The zero-order valence-electron chi connectivity index (χ0n) is 9.32. The number of carboxylic acid groups (broad SMARTS) is 1. The molecule has 0 unspecified atom stereocenters. The standard InChI is InChI=1S/C9H12N2O5S/c1-11(2)17(14,15)7-3-4-8(10-5-7)16-6-9(12)13/h3-5H,6H2,1-2H3,(H,12,13). The first-order valence-electron chi connectivity index (χ1n) is 4.57. The van der Waals surface area contributed by atoms with Crippen molar-refractivity contribution < 1.29 is 23.1 Å². The van der Waals surface area contributed by atoms with Crippen LogP contribution < -0.4 is 4.74 Å². The molecule has 1 rings (SSSR count). The number of carbonyl (C=O) groups is 1. The highest BCUT2D eigenvalue weighted by Gasteiger charge is 2.17. The lowest BCUT2D eigenvalue weighted by Crippen LogP contribution is -2.22. The maximum Gasteiger partial charge on any atom is 0.341 e. The van der Waals surface area contributed by atoms with Crippen molar-refractivity contribution in [2.75, 3.05) is 20.7 Å². The van der Waals surface area contributed by atoms with E-state index in [-0.39, 0.29) is 10.8 Å². The summed E-state index contributed by atoms with van der Waals surface area (Å²) in [6, 6.07) is 2.61. The van der Waals surface area contributed by atoms with Crippen LogP contribution in [0.1, 0.15) is 0 Å². The lowest BCUT2D eigenvalue weighted by molar-refractivity contribution is -0.139. The molecule has 0 bridgehead atoms. The summed E-state index contributed by atoms with van der Waals surface area (Å²) in [7, 11) is -0.712. The van der Waals surface area contributed by atoms with E-state index in [9.17, 15) is 13.2 Å². The zero-order chi connectivity index (χ0) is 13.1. The molecule has 0 fully saturated rings.